The molecular weight excluding hydrogens is 485 g/mol. The Kier molecular flexibility index (Phi) is 7.10. The summed E-state index contributed by atoms with van der Waals surface area (Å²) in [5.74, 6) is 1.40. The zero-order valence-corrected chi connectivity index (χ0v) is 18.6. The molecule has 3 aromatic heterocycles. The molecule has 0 aliphatic heterocycles. The molecule has 0 aliphatic rings. The van der Waals surface area contributed by atoms with Crippen LogP contribution in [-0.2, 0) is 13.0 Å². The molecule has 0 bridgehead atoms. The van der Waals surface area contributed by atoms with Crippen molar-refractivity contribution in [2.75, 3.05) is 13.6 Å². The van der Waals surface area contributed by atoms with Crippen LogP contribution in [0, 0.1) is 0 Å². The van der Waals surface area contributed by atoms with Crippen molar-refractivity contribution in [2.45, 2.75) is 13.0 Å². The number of rotatable bonds is 6. The molecule has 0 amide bonds. The van der Waals surface area contributed by atoms with E-state index in [1.54, 1.807) is 24.6 Å². The van der Waals surface area contributed by atoms with E-state index in [9.17, 15) is 0 Å². The number of H-pyrrole nitrogens is 1. The maximum Gasteiger partial charge on any atom is 0.236 e. The molecule has 0 atom stereocenters. The van der Waals surface area contributed by atoms with Crippen molar-refractivity contribution in [3.8, 4) is 10.8 Å². The predicted molar refractivity (Wildman–Crippen MR) is 125 cm³/mol. The minimum atomic E-state index is 0. The SMILES string of the molecule is CN=C(NCCc1c[nH]c2ccccc12)NCc1coc(-c2cccs2)n1.I. The third kappa shape index (κ3) is 4.74. The Hall–Kier alpha value is -2.33. The summed E-state index contributed by atoms with van der Waals surface area (Å²) in [7, 11) is 1.76. The standard InChI is InChI=1S/C20H21N5OS.HI/c1-21-20(22-9-8-14-11-23-17-6-3-2-5-16(14)17)24-12-15-13-26-19(25-15)18-7-4-10-27-18;/h2-7,10-11,13,23H,8-9,12H2,1H3,(H2,21,22,24);1H. The Labute approximate surface area is 184 Å². The topological polar surface area (TPSA) is 78.2 Å². The zero-order chi connectivity index (χ0) is 18.5. The molecule has 4 rings (SSSR count). The summed E-state index contributed by atoms with van der Waals surface area (Å²) < 4.78 is 5.54. The molecule has 0 unspecified atom stereocenters. The number of oxazole rings is 1. The Morgan fingerprint density at radius 1 is 1.21 bits per heavy atom. The molecule has 146 valence electrons. The first-order valence-electron chi connectivity index (χ1n) is 8.81. The number of nitrogens with one attached hydrogen (secondary N) is 3. The number of guanidine groups is 1. The van der Waals surface area contributed by atoms with E-state index in [1.165, 1.54) is 16.5 Å². The molecule has 3 N–H and O–H groups in total. The number of hydrogen-bond donors (Lipinski definition) is 3. The van der Waals surface area contributed by atoms with Crippen LogP contribution in [0.2, 0.25) is 0 Å². The van der Waals surface area contributed by atoms with E-state index in [0.29, 0.717) is 12.4 Å². The van der Waals surface area contributed by atoms with Gasteiger partial charge >= 0.3 is 0 Å². The average molecular weight is 507 g/mol. The third-order valence-corrected chi connectivity index (χ3v) is 5.16. The van der Waals surface area contributed by atoms with Gasteiger partial charge in [0.1, 0.15) is 6.26 Å². The van der Waals surface area contributed by atoms with Crippen molar-refractivity contribution in [3.63, 3.8) is 0 Å². The van der Waals surface area contributed by atoms with Crippen LogP contribution in [0.25, 0.3) is 21.7 Å². The number of thiophene rings is 1. The molecule has 0 aliphatic carbocycles. The molecule has 1 aromatic carbocycles. The van der Waals surface area contributed by atoms with Crippen LogP contribution < -0.4 is 10.6 Å². The van der Waals surface area contributed by atoms with E-state index in [1.807, 2.05) is 23.6 Å². The van der Waals surface area contributed by atoms with Gasteiger partial charge in [-0.2, -0.15) is 0 Å². The highest BCUT2D eigenvalue weighted by molar-refractivity contribution is 14.0. The smallest absolute Gasteiger partial charge is 0.236 e. The van der Waals surface area contributed by atoms with Crippen LogP contribution in [0.1, 0.15) is 11.3 Å². The maximum absolute atomic E-state index is 5.54. The third-order valence-electron chi connectivity index (χ3n) is 4.31. The Bertz CT molecular complexity index is 1040. The van der Waals surface area contributed by atoms with E-state index in [2.05, 4.69) is 50.0 Å². The minimum Gasteiger partial charge on any atom is -0.443 e. The number of halogens is 1. The highest BCUT2D eigenvalue weighted by atomic mass is 127. The summed E-state index contributed by atoms with van der Waals surface area (Å²) in [5.41, 5.74) is 3.31. The summed E-state index contributed by atoms with van der Waals surface area (Å²) in [5, 5.41) is 9.90. The van der Waals surface area contributed by atoms with Crippen molar-refractivity contribution in [3.05, 3.63) is 65.5 Å². The van der Waals surface area contributed by atoms with Gasteiger partial charge in [-0.3, -0.25) is 4.99 Å². The number of aromatic amines is 1. The van der Waals surface area contributed by atoms with Gasteiger partial charge in [-0.25, -0.2) is 4.98 Å². The first-order chi connectivity index (χ1) is 13.3. The fourth-order valence-corrected chi connectivity index (χ4v) is 3.61. The van der Waals surface area contributed by atoms with E-state index in [4.69, 9.17) is 4.42 Å². The molecule has 0 spiro atoms. The van der Waals surface area contributed by atoms with Gasteiger partial charge in [-0.15, -0.1) is 35.3 Å². The van der Waals surface area contributed by atoms with Crippen LogP contribution in [0.3, 0.4) is 0 Å². The van der Waals surface area contributed by atoms with Crippen molar-refractivity contribution in [2.24, 2.45) is 4.99 Å². The van der Waals surface area contributed by atoms with Gasteiger partial charge in [-0.1, -0.05) is 24.3 Å². The summed E-state index contributed by atoms with van der Waals surface area (Å²) in [6, 6.07) is 12.3. The average Bonchev–Trinajstić information content (AvgIpc) is 3.45. The predicted octanol–water partition coefficient (Wildman–Crippen LogP) is 4.41. The van der Waals surface area contributed by atoms with Crippen LogP contribution >= 0.6 is 35.3 Å². The quantitative estimate of drug-likeness (QED) is 0.205. The van der Waals surface area contributed by atoms with Crippen LogP contribution in [0.15, 0.2) is 63.6 Å². The minimum absolute atomic E-state index is 0. The second kappa shape index (κ2) is 9.74. The van der Waals surface area contributed by atoms with Gasteiger partial charge in [0.25, 0.3) is 0 Å². The van der Waals surface area contributed by atoms with E-state index in [0.717, 1.165) is 29.5 Å². The number of hydrogen-bond acceptors (Lipinski definition) is 4. The number of nitrogens with zero attached hydrogens (tertiary/aromatic N) is 2. The lowest BCUT2D eigenvalue weighted by atomic mass is 10.1. The van der Waals surface area contributed by atoms with Gasteiger partial charge in [0, 0.05) is 30.7 Å². The number of aliphatic imine (C=N–C) groups is 1. The largest absolute Gasteiger partial charge is 0.443 e. The van der Waals surface area contributed by atoms with Gasteiger partial charge in [0.15, 0.2) is 5.96 Å². The number of benzene rings is 1. The molecule has 0 saturated carbocycles. The molecule has 6 nitrogen and oxygen atoms in total. The van der Waals surface area contributed by atoms with Crippen molar-refractivity contribution in [1.82, 2.24) is 20.6 Å². The van der Waals surface area contributed by atoms with Gasteiger partial charge in [-0.05, 0) is 29.5 Å². The Morgan fingerprint density at radius 3 is 2.93 bits per heavy atom. The number of para-hydroxylation sites is 1. The lowest BCUT2D eigenvalue weighted by molar-refractivity contribution is 0.573. The summed E-state index contributed by atoms with van der Waals surface area (Å²) >= 11 is 1.61. The van der Waals surface area contributed by atoms with Gasteiger partial charge in [0.2, 0.25) is 5.89 Å². The fourth-order valence-electron chi connectivity index (χ4n) is 2.95. The zero-order valence-electron chi connectivity index (χ0n) is 15.4. The first-order valence-corrected chi connectivity index (χ1v) is 9.69. The normalized spacial score (nSPS) is 11.4. The molecule has 4 aromatic rings. The van der Waals surface area contributed by atoms with Crippen LogP contribution in [-0.4, -0.2) is 29.5 Å². The van der Waals surface area contributed by atoms with E-state index < -0.39 is 0 Å². The van der Waals surface area contributed by atoms with E-state index in [-0.39, 0.29) is 24.0 Å². The first kappa shape index (κ1) is 20.4. The van der Waals surface area contributed by atoms with Crippen LogP contribution in [0.4, 0.5) is 0 Å². The van der Waals surface area contributed by atoms with Gasteiger partial charge < -0.3 is 20.0 Å². The Balaban J connectivity index is 0.00000225. The monoisotopic (exact) mass is 507 g/mol. The fraction of sp³-hybridized carbons (Fsp3) is 0.200. The molecule has 3 heterocycles. The molecule has 0 radical (unpaired) electrons. The second-order valence-corrected chi connectivity index (χ2v) is 7.03. The molecule has 28 heavy (non-hydrogen) atoms. The number of fused-ring (bicyclic) bond motifs is 1. The van der Waals surface area contributed by atoms with Gasteiger partial charge in [0.05, 0.1) is 17.1 Å². The van der Waals surface area contributed by atoms with Crippen LogP contribution in [0.5, 0.6) is 0 Å². The lowest BCUT2D eigenvalue weighted by Gasteiger charge is -2.10. The molecule has 0 saturated heterocycles. The van der Waals surface area contributed by atoms with Crippen molar-refractivity contribution < 1.29 is 4.42 Å². The maximum atomic E-state index is 5.54. The molecule has 0 fully saturated rings. The lowest BCUT2D eigenvalue weighted by Crippen LogP contribution is -2.37. The summed E-state index contributed by atoms with van der Waals surface area (Å²) in [6.45, 7) is 1.35. The summed E-state index contributed by atoms with van der Waals surface area (Å²) in [6.07, 6.45) is 4.67. The highest BCUT2D eigenvalue weighted by Gasteiger charge is 2.08. The highest BCUT2D eigenvalue weighted by Crippen LogP contribution is 2.23. The van der Waals surface area contributed by atoms with Crippen molar-refractivity contribution >= 4 is 52.2 Å². The van der Waals surface area contributed by atoms with E-state index >= 15 is 0 Å². The summed E-state index contributed by atoms with van der Waals surface area (Å²) in [4.78, 5) is 13.1. The van der Waals surface area contributed by atoms with Crippen molar-refractivity contribution in [1.29, 1.82) is 0 Å². The molecule has 8 heteroatoms. The Morgan fingerprint density at radius 2 is 2.11 bits per heavy atom. The molecular formula is C20H22IN5OS. The second-order valence-electron chi connectivity index (χ2n) is 6.08. The number of aromatic nitrogens is 2.